The van der Waals surface area contributed by atoms with Crippen molar-refractivity contribution in [3.05, 3.63) is 64.7 Å². The van der Waals surface area contributed by atoms with Crippen LogP contribution in [0.15, 0.2) is 48.5 Å². The average molecular weight is 375 g/mol. The lowest BCUT2D eigenvalue weighted by Gasteiger charge is -2.14. The molecule has 0 radical (unpaired) electrons. The highest BCUT2D eigenvalue weighted by molar-refractivity contribution is 6.30. The van der Waals surface area contributed by atoms with Crippen LogP contribution in [0.2, 0.25) is 5.02 Å². The molecular formula is C19H19ClN2O4. The van der Waals surface area contributed by atoms with E-state index in [-0.39, 0.29) is 6.10 Å². The maximum absolute atomic E-state index is 12.4. The summed E-state index contributed by atoms with van der Waals surface area (Å²) in [6, 6.07) is 13.3. The number of carbonyl (C=O) groups excluding carboxylic acids is 2. The first-order valence-corrected chi connectivity index (χ1v) is 8.71. The van der Waals surface area contributed by atoms with Crippen molar-refractivity contribution in [3.63, 3.8) is 0 Å². The molecule has 0 spiro atoms. The van der Waals surface area contributed by atoms with Crippen molar-refractivity contribution in [3.8, 4) is 5.75 Å². The summed E-state index contributed by atoms with van der Waals surface area (Å²) >= 11 is 5.86. The molecule has 7 heteroatoms. The van der Waals surface area contributed by atoms with Gasteiger partial charge in [0, 0.05) is 17.2 Å². The number of rotatable bonds is 5. The fourth-order valence-electron chi connectivity index (χ4n) is 2.62. The van der Waals surface area contributed by atoms with E-state index in [1.54, 1.807) is 42.5 Å². The maximum Gasteiger partial charge on any atom is 0.273 e. The SMILES string of the molecule is O=C(NNC(=O)c1ccccc1OCC1CCCO1)c1cccc(Cl)c1. The minimum atomic E-state index is -0.469. The number of amides is 2. The van der Waals surface area contributed by atoms with Gasteiger partial charge in [-0.2, -0.15) is 0 Å². The molecule has 2 aromatic carbocycles. The Balaban J connectivity index is 1.59. The third kappa shape index (κ3) is 4.74. The second-order valence-corrected chi connectivity index (χ2v) is 6.30. The molecule has 3 rings (SSSR count). The second kappa shape index (κ2) is 8.69. The van der Waals surface area contributed by atoms with Crippen molar-refractivity contribution in [2.75, 3.05) is 13.2 Å². The summed E-state index contributed by atoms with van der Waals surface area (Å²) in [6.45, 7) is 1.13. The summed E-state index contributed by atoms with van der Waals surface area (Å²) in [6.07, 6.45) is 2.02. The van der Waals surface area contributed by atoms with Crippen LogP contribution >= 0.6 is 11.6 Å². The first kappa shape index (κ1) is 18.2. The Morgan fingerprint density at radius 3 is 2.69 bits per heavy atom. The summed E-state index contributed by atoms with van der Waals surface area (Å²) in [5, 5.41) is 0.442. The van der Waals surface area contributed by atoms with Crippen molar-refractivity contribution in [1.82, 2.24) is 10.9 Å². The number of carbonyl (C=O) groups is 2. The summed E-state index contributed by atoms with van der Waals surface area (Å²) in [5.41, 5.74) is 5.44. The second-order valence-electron chi connectivity index (χ2n) is 5.86. The lowest BCUT2D eigenvalue weighted by molar-refractivity contribution is 0.0669. The predicted molar refractivity (Wildman–Crippen MR) is 97.3 cm³/mol. The number of nitrogens with one attached hydrogen (secondary N) is 2. The number of halogens is 1. The summed E-state index contributed by atoms with van der Waals surface area (Å²) in [5.74, 6) is -0.487. The highest BCUT2D eigenvalue weighted by Gasteiger charge is 2.18. The molecule has 1 aliphatic rings. The fraction of sp³-hybridized carbons (Fsp3) is 0.263. The van der Waals surface area contributed by atoms with E-state index in [1.165, 1.54) is 6.07 Å². The Bertz CT molecular complexity index is 791. The third-order valence-corrected chi connectivity index (χ3v) is 4.19. The summed E-state index contributed by atoms with van der Waals surface area (Å²) in [4.78, 5) is 24.5. The highest BCUT2D eigenvalue weighted by Crippen LogP contribution is 2.20. The van der Waals surface area contributed by atoms with Gasteiger partial charge in [-0.25, -0.2) is 0 Å². The molecule has 1 fully saturated rings. The Morgan fingerprint density at radius 2 is 1.92 bits per heavy atom. The van der Waals surface area contributed by atoms with Gasteiger partial charge in [-0.3, -0.25) is 20.4 Å². The molecule has 1 saturated heterocycles. The normalized spacial score (nSPS) is 16.1. The molecule has 0 aromatic heterocycles. The molecule has 6 nitrogen and oxygen atoms in total. The smallest absolute Gasteiger partial charge is 0.273 e. The van der Waals surface area contributed by atoms with Gasteiger partial charge in [0.1, 0.15) is 12.4 Å². The molecular weight excluding hydrogens is 356 g/mol. The van der Waals surface area contributed by atoms with E-state index in [2.05, 4.69) is 10.9 Å². The lowest BCUT2D eigenvalue weighted by atomic mass is 10.2. The van der Waals surface area contributed by atoms with E-state index < -0.39 is 11.8 Å². The van der Waals surface area contributed by atoms with Gasteiger partial charge in [-0.05, 0) is 43.2 Å². The molecule has 2 amide bonds. The Morgan fingerprint density at radius 1 is 1.12 bits per heavy atom. The number of benzene rings is 2. The van der Waals surface area contributed by atoms with Gasteiger partial charge >= 0.3 is 0 Å². The molecule has 2 aromatic rings. The Kier molecular flexibility index (Phi) is 6.09. The van der Waals surface area contributed by atoms with Crippen LogP contribution in [-0.4, -0.2) is 31.1 Å². The van der Waals surface area contributed by atoms with Crippen LogP contribution in [0.5, 0.6) is 5.75 Å². The van der Waals surface area contributed by atoms with Crippen LogP contribution in [0.1, 0.15) is 33.6 Å². The minimum Gasteiger partial charge on any atom is -0.490 e. The van der Waals surface area contributed by atoms with Crippen LogP contribution < -0.4 is 15.6 Å². The molecule has 0 saturated carbocycles. The minimum absolute atomic E-state index is 0.0497. The molecule has 0 bridgehead atoms. The lowest BCUT2D eigenvalue weighted by Crippen LogP contribution is -2.41. The van der Waals surface area contributed by atoms with Crippen LogP contribution in [0.3, 0.4) is 0 Å². The number of para-hydroxylation sites is 1. The van der Waals surface area contributed by atoms with Crippen molar-refractivity contribution < 1.29 is 19.1 Å². The topological polar surface area (TPSA) is 76.7 Å². The monoisotopic (exact) mass is 374 g/mol. The molecule has 1 aliphatic heterocycles. The molecule has 136 valence electrons. The molecule has 1 atom stereocenters. The van der Waals surface area contributed by atoms with E-state index in [0.29, 0.717) is 28.5 Å². The zero-order valence-electron chi connectivity index (χ0n) is 14.0. The average Bonchev–Trinajstić information content (AvgIpc) is 3.18. The van der Waals surface area contributed by atoms with Crippen molar-refractivity contribution in [1.29, 1.82) is 0 Å². The van der Waals surface area contributed by atoms with E-state index in [1.807, 2.05) is 0 Å². The van der Waals surface area contributed by atoms with Gasteiger partial charge in [-0.15, -0.1) is 0 Å². The van der Waals surface area contributed by atoms with Gasteiger partial charge < -0.3 is 9.47 Å². The van der Waals surface area contributed by atoms with E-state index in [4.69, 9.17) is 21.1 Å². The van der Waals surface area contributed by atoms with Crippen LogP contribution in [0.4, 0.5) is 0 Å². The van der Waals surface area contributed by atoms with E-state index in [9.17, 15) is 9.59 Å². The standard InChI is InChI=1S/C19H19ClN2O4/c20-14-6-3-5-13(11-14)18(23)21-22-19(24)16-8-1-2-9-17(16)26-12-15-7-4-10-25-15/h1-3,5-6,8-9,11,15H,4,7,10,12H2,(H,21,23)(H,22,24). The largest absolute Gasteiger partial charge is 0.490 e. The zero-order chi connectivity index (χ0) is 18.4. The number of hydrogen-bond acceptors (Lipinski definition) is 4. The van der Waals surface area contributed by atoms with Crippen LogP contribution in [-0.2, 0) is 4.74 Å². The number of hydrazine groups is 1. The summed E-state index contributed by atoms with van der Waals surface area (Å²) < 4.78 is 11.3. The quantitative estimate of drug-likeness (QED) is 0.789. The summed E-state index contributed by atoms with van der Waals surface area (Å²) in [7, 11) is 0. The Labute approximate surface area is 156 Å². The molecule has 0 aliphatic carbocycles. The molecule has 1 heterocycles. The predicted octanol–water partition coefficient (Wildman–Crippen LogP) is 2.97. The van der Waals surface area contributed by atoms with E-state index >= 15 is 0 Å². The zero-order valence-corrected chi connectivity index (χ0v) is 14.8. The van der Waals surface area contributed by atoms with Gasteiger partial charge in [0.25, 0.3) is 11.8 Å². The molecule has 1 unspecified atom stereocenters. The number of hydrogen-bond donors (Lipinski definition) is 2. The molecule has 2 N–H and O–H groups in total. The van der Waals surface area contributed by atoms with Crippen molar-refractivity contribution >= 4 is 23.4 Å². The molecule has 26 heavy (non-hydrogen) atoms. The van der Waals surface area contributed by atoms with Crippen molar-refractivity contribution in [2.45, 2.75) is 18.9 Å². The third-order valence-electron chi connectivity index (χ3n) is 3.96. The van der Waals surface area contributed by atoms with Crippen LogP contribution in [0.25, 0.3) is 0 Å². The van der Waals surface area contributed by atoms with Gasteiger partial charge in [-0.1, -0.05) is 29.8 Å². The highest BCUT2D eigenvalue weighted by atomic mass is 35.5. The number of ether oxygens (including phenoxy) is 2. The fourth-order valence-corrected chi connectivity index (χ4v) is 2.81. The van der Waals surface area contributed by atoms with Gasteiger partial charge in [0.05, 0.1) is 11.7 Å². The van der Waals surface area contributed by atoms with E-state index in [0.717, 1.165) is 19.4 Å². The van der Waals surface area contributed by atoms with Gasteiger partial charge in [0.2, 0.25) is 0 Å². The van der Waals surface area contributed by atoms with Crippen LogP contribution in [0, 0.1) is 0 Å². The first-order valence-electron chi connectivity index (χ1n) is 8.33. The Hall–Kier alpha value is -2.57. The maximum atomic E-state index is 12.4. The first-order chi connectivity index (χ1) is 12.6. The van der Waals surface area contributed by atoms with Gasteiger partial charge in [0.15, 0.2) is 0 Å². The van der Waals surface area contributed by atoms with Crippen molar-refractivity contribution in [2.24, 2.45) is 0 Å².